The van der Waals surface area contributed by atoms with E-state index in [2.05, 4.69) is 40.5 Å². The molecule has 1 unspecified atom stereocenters. The summed E-state index contributed by atoms with van der Waals surface area (Å²) in [4.78, 5) is 15.2. The Morgan fingerprint density at radius 3 is 2.62 bits per heavy atom. The van der Waals surface area contributed by atoms with Gasteiger partial charge in [0.25, 0.3) is 5.56 Å². The third-order valence-corrected chi connectivity index (χ3v) is 5.09. The van der Waals surface area contributed by atoms with Gasteiger partial charge in [-0.15, -0.1) is 0 Å². The summed E-state index contributed by atoms with van der Waals surface area (Å²) < 4.78 is 0. The van der Waals surface area contributed by atoms with Crippen LogP contribution in [0.15, 0.2) is 76.8 Å². The predicted octanol–water partition coefficient (Wildman–Crippen LogP) is 4.14. The Bertz CT molecular complexity index is 1010. The van der Waals surface area contributed by atoms with Gasteiger partial charge in [-0.3, -0.25) is 4.79 Å². The first-order valence-corrected chi connectivity index (χ1v) is 8.82. The molecule has 2 aromatic carbocycles. The molecule has 0 spiro atoms. The van der Waals surface area contributed by atoms with E-state index in [-0.39, 0.29) is 11.5 Å². The second-order valence-corrected chi connectivity index (χ2v) is 6.66. The summed E-state index contributed by atoms with van der Waals surface area (Å²) in [5, 5.41) is 13.0. The van der Waals surface area contributed by atoms with Crippen molar-refractivity contribution in [1.29, 1.82) is 0 Å². The molecule has 130 valence electrons. The van der Waals surface area contributed by atoms with Gasteiger partial charge in [0.05, 0.1) is 5.71 Å². The fourth-order valence-electron chi connectivity index (χ4n) is 3.82. The lowest BCUT2D eigenvalue weighted by Crippen LogP contribution is -2.30. The van der Waals surface area contributed by atoms with Crippen molar-refractivity contribution in [2.24, 2.45) is 5.16 Å². The minimum absolute atomic E-state index is 0.0902. The van der Waals surface area contributed by atoms with Crippen LogP contribution in [0.4, 0.5) is 0 Å². The van der Waals surface area contributed by atoms with Crippen LogP contribution in [0.2, 0.25) is 0 Å². The summed E-state index contributed by atoms with van der Waals surface area (Å²) in [6.07, 6.45) is 3.74. The van der Waals surface area contributed by atoms with Crippen molar-refractivity contribution in [2.45, 2.75) is 25.2 Å². The number of rotatable bonds is 3. The number of pyridine rings is 1. The molecule has 0 aliphatic heterocycles. The van der Waals surface area contributed by atoms with Crippen molar-refractivity contribution >= 4 is 5.71 Å². The van der Waals surface area contributed by atoms with Crippen LogP contribution in [0.3, 0.4) is 0 Å². The fraction of sp³-hybridized carbons (Fsp3) is 0.182. The number of aromatic amines is 1. The van der Waals surface area contributed by atoms with Gasteiger partial charge in [0, 0.05) is 17.7 Å². The zero-order valence-electron chi connectivity index (χ0n) is 14.4. The van der Waals surface area contributed by atoms with Crippen molar-refractivity contribution in [1.82, 2.24) is 4.98 Å². The molecule has 0 fully saturated rings. The van der Waals surface area contributed by atoms with Gasteiger partial charge >= 0.3 is 0 Å². The number of H-pyrrole nitrogens is 1. The molecular formula is C22H20N2O2. The van der Waals surface area contributed by atoms with Crippen LogP contribution in [0.5, 0.6) is 0 Å². The first-order chi connectivity index (χ1) is 12.8. The SMILES string of the molecule is O=c1[nH]ccc2c1C(Cc1cccc(-c3ccccc3)c1)C(=NO)CC2. The predicted molar refractivity (Wildman–Crippen MR) is 103 cm³/mol. The zero-order chi connectivity index (χ0) is 17.9. The lowest BCUT2D eigenvalue weighted by Gasteiger charge is -2.25. The summed E-state index contributed by atoms with van der Waals surface area (Å²) in [7, 11) is 0. The molecule has 4 rings (SSSR count). The molecule has 1 aliphatic rings. The van der Waals surface area contributed by atoms with E-state index in [1.54, 1.807) is 6.20 Å². The molecular weight excluding hydrogens is 324 g/mol. The number of nitrogens with one attached hydrogen (secondary N) is 1. The quantitative estimate of drug-likeness (QED) is 0.554. The third kappa shape index (κ3) is 3.06. The summed E-state index contributed by atoms with van der Waals surface area (Å²) in [6, 6.07) is 20.5. The maximum Gasteiger partial charge on any atom is 0.252 e. The number of hydrogen-bond donors (Lipinski definition) is 2. The van der Waals surface area contributed by atoms with Crippen LogP contribution < -0.4 is 5.56 Å². The monoisotopic (exact) mass is 344 g/mol. The van der Waals surface area contributed by atoms with Crippen LogP contribution in [-0.2, 0) is 12.8 Å². The van der Waals surface area contributed by atoms with Crippen molar-refractivity contribution in [2.75, 3.05) is 0 Å². The minimum Gasteiger partial charge on any atom is -0.411 e. The van der Waals surface area contributed by atoms with Crippen molar-refractivity contribution < 1.29 is 5.21 Å². The average Bonchev–Trinajstić information content (AvgIpc) is 2.69. The second-order valence-electron chi connectivity index (χ2n) is 6.66. The average molecular weight is 344 g/mol. The highest BCUT2D eigenvalue weighted by Crippen LogP contribution is 2.31. The van der Waals surface area contributed by atoms with Crippen molar-refractivity contribution in [3.8, 4) is 11.1 Å². The van der Waals surface area contributed by atoms with E-state index >= 15 is 0 Å². The van der Waals surface area contributed by atoms with Gasteiger partial charge in [0.1, 0.15) is 0 Å². The molecule has 3 aromatic rings. The van der Waals surface area contributed by atoms with Gasteiger partial charge in [-0.05, 0) is 47.6 Å². The van der Waals surface area contributed by atoms with Crippen LogP contribution in [0.25, 0.3) is 11.1 Å². The normalized spacial score (nSPS) is 17.8. The lowest BCUT2D eigenvalue weighted by molar-refractivity contribution is 0.314. The fourth-order valence-corrected chi connectivity index (χ4v) is 3.82. The number of oxime groups is 1. The minimum atomic E-state index is -0.195. The Morgan fingerprint density at radius 1 is 1.00 bits per heavy atom. The number of nitrogens with zero attached hydrogens (tertiary/aromatic N) is 1. The maximum atomic E-state index is 12.4. The van der Waals surface area contributed by atoms with E-state index in [4.69, 9.17) is 0 Å². The van der Waals surface area contributed by atoms with E-state index in [0.29, 0.717) is 18.6 Å². The second kappa shape index (κ2) is 7.00. The topological polar surface area (TPSA) is 65.5 Å². The van der Waals surface area contributed by atoms with Gasteiger partial charge in [0.2, 0.25) is 0 Å². The van der Waals surface area contributed by atoms with Crippen molar-refractivity contribution in [3.05, 3.63) is 93.9 Å². The Morgan fingerprint density at radius 2 is 1.81 bits per heavy atom. The van der Waals surface area contributed by atoms with E-state index in [1.807, 2.05) is 30.3 Å². The van der Waals surface area contributed by atoms with Gasteiger partial charge < -0.3 is 10.2 Å². The zero-order valence-corrected chi connectivity index (χ0v) is 14.4. The van der Waals surface area contributed by atoms with E-state index in [0.717, 1.165) is 34.2 Å². The molecule has 4 nitrogen and oxygen atoms in total. The van der Waals surface area contributed by atoms with E-state index in [9.17, 15) is 10.0 Å². The summed E-state index contributed by atoms with van der Waals surface area (Å²) >= 11 is 0. The molecule has 1 aliphatic carbocycles. The number of aryl methyl sites for hydroxylation is 1. The number of fused-ring (bicyclic) bond motifs is 1. The molecule has 0 saturated carbocycles. The molecule has 0 saturated heterocycles. The van der Waals surface area contributed by atoms with E-state index in [1.165, 1.54) is 0 Å². The lowest BCUT2D eigenvalue weighted by atomic mass is 9.78. The van der Waals surface area contributed by atoms with Gasteiger partial charge in [-0.2, -0.15) is 0 Å². The highest BCUT2D eigenvalue weighted by atomic mass is 16.4. The first-order valence-electron chi connectivity index (χ1n) is 8.82. The maximum absolute atomic E-state index is 12.4. The summed E-state index contributed by atoms with van der Waals surface area (Å²) in [5.74, 6) is -0.195. The van der Waals surface area contributed by atoms with E-state index < -0.39 is 0 Å². The van der Waals surface area contributed by atoms with Gasteiger partial charge in [-0.1, -0.05) is 59.8 Å². The Balaban J connectivity index is 1.72. The van der Waals surface area contributed by atoms with Crippen LogP contribution in [0, 0.1) is 0 Å². The largest absolute Gasteiger partial charge is 0.411 e. The highest BCUT2D eigenvalue weighted by Gasteiger charge is 2.29. The van der Waals surface area contributed by atoms with Crippen molar-refractivity contribution in [3.63, 3.8) is 0 Å². The molecule has 0 bridgehead atoms. The Kier molecular flexibility index (Phi) is 4.40. The summed E-state index contributed by atoms with van der Waals surface area (Å²) in [6.45, 7) is 0. The molecule has 0 radical (unpaired) electrons. The molecule has 2 N–H and O–H groups in total. The van der Waals surface area contributed by atoms with Gasteiger partial charge in [-0.25, -0.2) is 0 Å². The molecule has 4 heteroatoms. The van der Waals surface area contributed by atoms with Crippen LogP contribution >= 0.6 is 0 Å². The molecule has 0 amide bonds. The molecule has 1 aromatic heterocycles. The smallest absolute Gasteiger partial charge is 0.252 e. The van der Waals surface area contributed by atoms with Crippen LogP contribution in [-0.4, -0.2) is 15.9 Å². The standard InChI is InChI=1S/C22H20N2O2/c25-22-21-17(11-12-23-22)9-10-20(24-26)19(21)14-15-5-4-8-18(13-15)16-6-2-1-3-7-16/h1-8,11-13,19,26H,9-10,14H2,(H,23,25). The number of aromatic nitrogens is 1. The van der Waals surface area contributed by atoms with Crippen LogP contribution in [0.1, 0.15) is 29.0 Å². The Labute approximate surface area is 151 Å². The first kappa shape index (κ1) is 16.3. The summed E-state index contributed by atoms with van der Waals surface area (Å²) in [5.41, 5.74) is 5.79. The molecule has 1 heterocycles. The Hall–Kier alpha value is -3.14. The molecule has 1 atom stereocenters. The highest BCUT2D eigenvalue weighted by molar-refractivity contribution is 5.92. The van der Waals surface area contributed by atoms with Gasteiger partial charge in [0.15, 0.2) is 0 Å². The number of benzene rings is 2. The number of hydrogen-bond acceptors (Lipinski definition) is 3. The molecule has 26 heavy (non-hydrogen) atoms. The third-order valence-electron chi connectivity index (χ3n) is 5.09.